The largest absolute Gasteiger partial charge is 0.489 e. The summed E-state index contributed by atoms with van der Waals surface area (Å²) in [5, 5.41) is 0. The van der Waals surface area contributed by atoms with Crippen molar-refractivity contribution >= 4 is 11.9 Å². The molecule has 0 N–H and O–H groups in total. The molecule has 5 nitrogen and oxygen atoms in total. The number of carbonyl (C=O) groups is 2. The quantitative estimate of drug-likeness (QED) is 0.141. The van der Waals surface area contributed by atoms with Gasteiger partial charge in [0.2, 0.25) is 0 Å². The average Bonchev–Trinajstić information content (AvgIpc) is 2.93. The molecule has 0 unspecified atom stereocenters. The van der Waals surface area contributed by atoms with E-state index >= 15 is 0 Å². The van der Waals surface area contributed by atoms with Gasteiger partial charge in [-0.3, -0.25) is 0 Å². The summed E-state index contributed by atoms with van der Waals surface area (Å²) in [6.45, 7) is 9.04. The number of hydrogen-bond donors (Lipinski definition) is 0. The van der Waals surface area contributed by atoms with Gasteiger partial charge < -0.3 is 14.2 Å². The highest BCUT2D eigenvalue weighted by Gasteiger charge is 2.06. The molecule has 0 saturated heterocycles. The zero-order valence-electron chi connectivity index (χ0n) is 20.5. The van der Waals surface area contributed by atoms with Crippen LogP contribution in [0.15, 0.2) is 122 Å². The third kappa shape index (κ3) is 6.83. The molecule has 4 aromatic rings. The van der Waals surface area contributed by atoms with Crippen molar-refractivity contribution in [2.24, 2.45) is 0 Å². The fourth-order valence-electron chi connectivity index (χ4n) is 3.49. The van der Waals surface area contributed by atoms with Crippen LogP contribution >= 0.6 is 0 Å². The van der Waals surface area contributed by atoms with E-state index in [1.54, 1.807) is 31.2 Å². The van der Waals surface area contributed by atoms with Crippen molar-refractivity contribution < 1.29 is 23.8 Å². The molecule has 0 aliphatic carbocycles. The van der Waals surface area contributed by atoms with Gasteiger partial charge in [0.1, 0.15) is 23.9 Å². The van der Waals surface area contributed by atoms with E-state index < -0.39 is 11.9 Å². The maximum absolute atomic E-state index is 11.6. The topological polar surface area (TPSA) is 61.8 Å². The summed E-state index contributed by atoms with van der Waals surface area (Å²) >= 11 is 0. The molecule has 0 aliphatic heterocycles. The van der Waals surface area contributed by atoms with Crippen LogP contribution < -0.4 is 14.2 Å². The molecule has 184 valence electrons. The Balaban J connectivity index is 1.32. The molecule has 4 rings (SSSR count). The van der Waals surface area contributed by atoms with E-state index in [9.17, 15) is 9.59 Å². The lowest BCUT2D eigenvalue weighted by Crippen LogP contribution is -2.07. The summed E-state index contributed by atoms with van der Waals surface area (Å²) in [5.41, 5.74) is 5.50. The summed E-state index contributed by atoms with van der Waals surface area (Å²) < 4.78 is 16.3. The van der Waals surface area contributed by atoms with Crippen molar-refractivity contribution in [3.63, 3.8) is 0 Å². The van der Waals surface area contributed by atoms with Gasteiger partial charge >= 0.3 is 11.9 Å². The van der Waals surface area contributed by atoms with Gasteiger partial charge in [-0.25, -0.2) is 9.59 Å². The van der Waals surface area contributed by atoms with E-state index in [0.29, 0.717) is 23.7 Å². The number of esters is 2. The highest BCUT2D eigenvalue weighted by Crippen LogP contribution is 2.26. The molecule has 0 bridgehead atoms. The normalized spacial score (nSPS) is 10.3. The van der Waals surface area contributed by atoms with Crippen molar-refractivity contribution in [3.05, 3.63) is 127 Å². The van der Waals surface area contributed by atoms with Gasteiger partial charge in [-0.15, -0.1) is 0 Å². The molecule has 0 atom stereocenters. The number of rotatable bonds is 9. The zero-order valence-corrected chi connectivity index (χ0v) is 20.5. The molecule has 0 spiro atoms. The minimum atomic E-state index is -0.485. The van der Waals surface area contributed by atoms with Crippen LogP contribution in [-0.2, 0) is 16.2 Å². The van der Waals surface area contributed by atoms with Crippen LogP contribution in [0.4, 0.5) is 0 Å². The van der Waals surface area contributed by atoms with Crippen LogP contribution in [0.25, 0.3) is 22.3 Å². The van der Waals surface area contributed by atoms with Crippen molar-refractivity contribution in [2.45, 2.75) is 13.5 Å². The van der Waals surface area contributed by atoms with Gasteiger partial charge in [0.25, 0.3) is 0 Å². The van der Waals surface area contributed by atoms with Gasteiger partial charge in [-0.2, -0.15) is 0 Å². The Morgan fingerprint density at radius 1 is 0.649 bits per heavy atom. The molecular weight excluding hydrogens is 464 g/mol. The summed E-state index contributed by atoms with van der Waals surface area (Å²) in [6, 6.07) is 30.6. The standard InChI is InChI=1S/C32H26O5/c1-4-31(33)36-29-17-11-27(12-18-29)25-9-15-28(16-10-25)35-21-23-5-7-24(8-6-23)26-13-19-30(20-14-26)37-32(34)22(2)3/h4-20H,1-2,21H2,3H3. The second-order valence-electron chi connectivity index (χ2n) is 8.35. The zero-order chi connectivity index (χ0) is 26.2. The second-order valence-corrected chi connectivity index (χ2v) is 8.35. The Morgan fingerprint density at radius 2 is 1.05 bits per heavy atom. The van der Waals surface area contributed by atoms with Crippen LogP contribution in [-0.4, -0.2) is 11.9 Å². The van der Waals surface area contributed by atoms with E-state index in [0.717, 1.165) is 39.6 Å². The van der Waals surface area contributed by atoms with Crippen LogP contribution in [0, 0.1) is 0 Å². The van der Waals surface area contributed by atoms with Crippen molar-refractivity contribution in [1.29, 1.82) is 0 Å². The molecule has 4 aromatic carbocycles. The SMILES string of the molecule is C=CC(=O)Oc1ccc(-c2ccc(OCc3ccc(-c4ccc(OC(=O)C(=C)C)cc4)cc3)cc2)cc1. The molecule has 5 heteroatoms. The van der Waals surface area contributed by atoms with E-state index in [1.807, 2.05) is 72.8 Å². The lowest BCUT2D eigenvalue weighted by molar-refractivity contribution is -0.130. The number of hydrogen-bond acceptors (Lipinski definition) is 5. The predicted molar refractivity (Wildman–Crippen MR) is 144 cm³/mol. The minimum Gasteiger partial charge on any atom is -0.489 e. The summed E-state index contributed by atoms with van der Waals surface area (Å²) in [4.78, 5) is 23.0. The summed E-state index contributed by atoms with van der Waals surface area (Å²) in [6.07, 6.45) is 1.13. The van der Waals surface area contributed by atoms with E-state index in [1.165, 1.54) is 0 Å². The van der Waals surface area contributed by atoms with Crippen molar-refractivity contribution in [1.82, 2.24) is 0 Å². The van der Waals surface area contributed by atoms with Gasteiger partial charge in [0, 0.05) is 11.6 Å². The maximum atomic E-state index is 11.6. The van der Waals surface area contributed by atoms with E-state index in [4.69, 9.17) is 14.2 Å². The predicted octanol–water partition coefficient (Wildman–Crippen LogP) is 7.17. The van der Waals surface area contributed by atoms with Crippen LogP contribution in [0.2, 0.25) is 0 Å². The fraction of sp³-hybridized carbons (Fsp3) is 0.0625. The Kier molecular flexibility index (Phi) is 7.96. The maximum Gasteiger partial charge on any atom is 0.338 e. The lowest BCUT2D eigenvalue weighted by atomic mass is 10.0. The Bertz CT molecular complexity index is 1400. The van der Waals surface area contributed by atoms with Crippen LogP contribution in [0.3, 0.4) is 0 Å². The Labute approximate surface area is 216 Å². The monoisotopic (exact) mass is 490 g/mol. The van der Waals surface area contributed by atoms with Crippen LogP contribution in [0.1, 0.15) is 12.5 Å². The molecule has 0 saturated carbocycles. The second kappa shape index (κ2) is 11.7. The highest BCUT2D eigenvalue weighted by molar-refractivity contribution is 5.88. The molecule has 0 amide bonds. The molecule has 37 heavy (non-hydrogen) atoms. The van der Waals surface area contributed by atoms with Gasteiger partial charge in [0.15, 0.2) is 0 Å². The Morgan fingerprint density at radius 3 is 1.49 bits per heavy atom. The van der Waals surface area contributed by atoms with E-state index in [-0.39, 0.29) is 0 Å². The first-order chi connectivity index (χ1) is 17.9. The average molecular weight is 491 g/mol. The van der Waals surface area contributed by atoms with Gasteiger partial charge in [-0.05, 0) is 71.1 Å². The molecule has 0 aromatic heterocycles. The minimum absolute atomic E-state index is 0.359. The third-order valence-corrected chi connectivity index (χ3v) is 5.53. The smallest absolute Gasteiger partial charge is 0.338 e. The van der Waals surface area contributed by atoms with Crippen molar-refractivity contribution in [2.75, 3.05) is 0 Å². The van der Waals surface area contributed by atoms with Crippen LogP contribution in [0.5, 0.6) is 17.2 Å². The first kappa shape index (κ1) is 25.2. The highest BCUT2D eigenvalue weighted by atomic mass is 16.5. The third-order valence-electron chi connectivity index (χ3n) is 5.53. The van der Waals surface area contributed by atoms with E-state index in [2.05, 4.69) is 13.2 Å². The molecule has 0 heterocycles. The van der Waals surface area contributed by atoms with Gasteiger partial charge in [-0.1, -0.05) is 73.8 Å². The summed E-state index contributed by atoms with van der Waals surface area (Å²) in [5.74, 6) is 0.805. The molecule has 0 radical (unpaired) electrons. The Hall–Kier alpha value is -4.90. The molecular formula is C32H26O5. The molecule has 0 aliphatic rings. The summed E-state index contributed by atoms with van der Waals surface area (Å²) in [7, 11) is 0. The number of carbonyl (C=O) groups excluding carboxylic acids is 2. The number of ether oxygens (including phenoxy) is 3. The van der Waals surface area contributed by atoms with Crippen molar-refractivity contribution in [3.8, 4) is 39.5 Å². The van der Waals surface area contributed by atoms with Gasteiger partial charge in [0.05, 0.1) is 0 Å². The first-order valence-electron chi connectivity index (χ1n) is 11.7. The molecule has 0 fully saturated rings. The first-order valence-corrected chi connectivity index (χ1v) is 11.7. The lowest BCUT2D eigenvalue weighted by Gasteiger charge is -2.09. The fourth-order valence-corrected chi connectivity index (χ4v) is 3.49. The number of benzene rings is 4.